The molecule has 0 saturated heterocycles. The third-order valence-electron chi connectivity index (χ3n) is 1.83. The standard InChI is InChI=1S/C10H19.7Y/c1-5-7-8-9-10(3,4)6-2;;;;;;;/h6-8H,5,9H2,1-4H3;;;;;;;/q-1;;;;;;;/b8-7-;;;;;;;. The molecule has 7 heteroatoms. The molecule has 0 amide bonds. The second kappa shape index (κ2) is 34.7. The van der Waals surface area contributed by atoms with Crippen molar-refractivity contribution in [3.05, 3.63) is 18.6 Å². The molecule has 0 aliphatic carbocycles. The van der Waals surface area contributed by atoms with Crippen molar-refractivity contribution in [1.82, 2.24) is 0 Å². The van der Waals surface area contributed by atoms with E-state index in [1.165, 1.54) is 0 Å². The van der Waals surface area contributed by atoms with E-state index < -0.39 is 0 Å². The summed E-state index contributed by atoms with van der Waals surface area (Å²) in [6.07, 6.45) is 9.06. The van der Waals surface area contributed by atoms with Crippen LogP contribution in [0.25, 0.3) is 0 Å². The summed E-state index contributed by atoms with van der Waals surface area (Å²) < 4.78 is 0. The van der Waals surface area contributed by atoms with Gasteiger partial charge in [-0.1, -0.05) is 39.3 Å². The summed E-state index contributed by atoms with van der Waals surface area (Å²) in [5.74, 6) is 0. The van der Waals surface area contributed by atoms with Gasteiger partial charge in [-0.3, -0.25) is 0 Å². The zero-order valence-corrected chi connectivity index (χ0v) is 31.6. The van der Waals surface area contributed by atoms with E-state index in [0.29, 0.717) is 5.41 Å². The van der Waals surface area contributed by atoms with Gasteiger partial charge in [-0.2, -0.15) is 12.3 Å². The molecule has 0 nitrogen and oxygen atoms in total. The van der Waals surface area contributed by atoms with Gasteiger partial charge >= 0.3 is 0 Å². The van der Waals surface area contributed by atoms with Crippen molar-refractivity contribution in [1.29, 1.82) is 0 Å². The zero-order chi connectivity index (χ0) is 8.04. The van der Waals surface area contributed by atoms with Crippen LogP contribution in [0.2, 0.25) is 0 Å². The quantitative estimate of drug-likeness (QED) is 0.304. The molecule has 0 aliphatic rings. The summed E-state index contributed by atoms with van der Waals surface area (Å²) in [4.78, 5) is 0. The maximum Gasteiger partial charge on any atom is 0 e. The first-order chi connectivity index (χ1) is 4.62. The molecule has 0 bridgehead atoms. The Morgan fingerprint density at radius 1 is 0.824 bits per heavy atom. The molecule has 0 spiro atoms. The Morgan fingerprint density at radius 2 is 1.18 bits per heavy atom. The molecule has 7 radical (unpaired) electrons. The minimum Gasteiger partial charge on any atom is -0.326 e. The summed E-state index contributed by atoms with van der Waals surface area (Å²) in [6.45, 7) is 8.80. The summed E-state index contributed by atoms with van der Waals surface area (Å²) in [6, 6.07) is 0. The molecule has 0 N–H and O–H groups in total. The van der Waals surface area contributed by atoms with E-state index in [0.717, 1.165) is 12.8 Å². The predicted molar refractivity (Wildman–Crippen MR) is 47.8 cm³/mol. The minimum atomic E-state index is 0. The first-order valence-corrected chi connectivity index (χ1v) is 4.08. The van der Waals surface area contributed by atoms with Gasteiger partial charge in [0.05, 0.1) is 0 Å². The monoisotopic (exact) mass is 761 g/mol. The molecular formula is C10H19Y7-. The minimum absolute atomic E-state index is 0. The summed E-state index contributed by atoms with van der Waals surface area (Å²) >= 11 is 0. The molecule has 0 rings (SSSR count). The van der Waals surface area contributed by atoms with Crippen molar-refractivity contribution in [2.45, 2.75) is 40.5 Å². The van der Waals surface area contributed by atoms with Gasteiger partial charge in [0.2, 0.25) is 0 Å². The van der Waals surface area contributed by atoms with E-state index >= 15 is 0 Å². The fourth-order valence-electron chi connectivity index (χ4n) is 0.672. The number of allylic oxidation sites excluding steroid dienone is 2. The SMILES string of the molecule is C[CH-]C(C)(C)C/C=C\CC.[Y].[Y].[Y].[Y].[Y].[Y].[Y]. The van der Waals surface area contributed by atoms with E-state index in [1.807, 2.05) is 0 Å². The molecule has 17 heavy (non-hydrogen) atoms. The Hall–Kier alpha value is 7.47. The largest absolute Gasteiger partial charge is 0.326 e. The molecule has 0 fully saturated rings. The second-order valence-electron chi connectivity index (χ2n) is 3.36. The van der Waals surface area contributed by atoms with Crippen molar-refractivity contribution >= 4 is 0 Å². The molecule has 0 aromatic carbocycles. The maximum absolute atomic E-state index is 2.26. The average Bonchev–Trinajstić information content (AvgIpc) is 1.89. The number of rotatable bonds is 4. The van der Waals surface area contributed by atoms with E-state index in [-0.39, 0.29) is 229 Å². The fraction of sp³-hybridized carbons (Fsp3) is 0.700. The van der Waals surface area contributed by atoms with E-state index in [2.05, 4.69) is 46.3 Å². The average molecular weight is 762 g/mol. The molecule has 0 aromatic heterocycles. The van der Waals surface area contributed by atoms with Gasteiger partial charge in [0.1, 0.15) is 0 Å². The normalized spacial score (nSPS) is 7.53. The van der Waals surface area contributed by atoms with Crippen LogP contribution in [0.15, 0.2) is 12.2 Å². The third-order valence-corrected chi connectivity index (χ3v) is 1.83. The van der Waals surface area contributed by atoms with Crippen LogP contribution in [0.3, 0.4) is 0 Å². The molecule has 0 aromatic rings. The Labute approximate surface area is 285 Å². The second-order valence-corrected chi connectivity index (χ2v) is 3.36. The molecule has 0 unspecified atom stereocenters. The van der Waals surface area contributed by atoms with Gasteiger partial charge in [0, 0.05) is 229 Å². The maximum atomic E-state index is 2.26. The first kappa shape index (κ1) is 49.7. The smallest absolute Gasteiger partial charge is 0 e. The summed E-state index contributed by atoms with van der Waals surface area (Å²) in [5, 5.41) is 0. The molecular weight excluding hydrogens is 742 g/mol. The van der Waals surface area contributed by atoms with E-state index in [4.69, 9.17) is 0 Å². The van der Waals surface area contributed by atoms with Crippen molar-refractivity contribution in [2.75, 3.05) is 0 Å². The fourth-order valence-corrected chi connectivity index (χ4v) is 0.672. The van der Waals surface area contributed by atoms with Crippen LogP contribution in [0.1, 0.15) is 40.5 Å². The van der Waals surface area contributed by atoms with Crippen LogP contribution >= 0.6 is 0 Å². The van der Waals surface area contributed by atoms with Crippen molar-refractivity contribution in [2.24, 2.45) is 5.41 Å². The number of hydrogen-bond acceptors (Lipinski definition) is 0. The Balaban J connectivity index is -0.0000000193. The van der Waals surface area contributed by atoms with Gasteiger partial charge in [-0.15, -0.1) is 0 Å². The van der Waals surface area contributed by atoms with Gasteiger partial charge in [0.25, 0.3) is 0 Å². The van der Waals surface area contributed by atoms with Crippen LogP contribution in [0.5, 0.6) is 0 Å². The van der Waals surface area contributed by atoms with Crippen molar-refractivity contribution < 1.29 is 229 Å². The Bertz CT molecular complexity index is 115. The van der Waals surface area contributed by atoms with Gasteiger partial charge in [-0.25, -0.2) is 0 Å². The van der Waals surface area contributed by atoms with Gasteiger partial charge in [-0.05, 0) is 6.42 Å². The Kier molecular flexibility index (Phi) is 102. The van der Waals surface area contributed by atoms with Crippen LogP contribution in [0, 0.1) is 11.8 Å². The topological polar surface area (TPSA) is 0 Å². The summed E-state index contributed by atoms with van der Waals surface area (Å²) in [5.41, 5.74) is 0.381. The van der Waals surface area contributed by atoms with E-state index in [1.54, 1.807) is 0 Å². The summed E-state index contributed by atoms with van der Waals surface area (Å²) in [7, 11) is 0. The van der Waals surface area contributed by atoms with Crippen LogP contribution in [-0.2, 0) is 229 Å². The van der Waals surface area contributed by atoms with Gasteiger partial charge in [0.15, 0.2) is 0 Å². The first-order valence-electron chi connectivity index (χ1n) is 4.08. The Morgan fingerprint density at radius 3 is 1.41 bits per heavy atom. The molecule has 0 aliphatic heterocycles. The zero-order valence-electron chi connectivity index (χ0n) is 11.7. The molecule has 0 heterocycles. The van der Waals surface area contributed by atoms with Crippen LogP contribution < -0.4 is 0 Å². The van der Waals surface area contributed by atoms with Crippen molar-refractivity contribution in [3.63, 3.8) is 0 Å². The third kappa shape index (κ3) is 39.9. The molecule has 0 saturated carbocycles. The van der Waals surface area contributed by atoms with Crippen LogP contribution in [0.4, 0.5) is 0 Å². The van der Waals surface area contributed by atoms with Crippen LogP contribution in [-0.4, -0.2) is 0 Å². The number of hydrogen-bond donors (Lipinski definition) is 0. The van der Waals surface area contributed by atoms with Gasteiger partial charge < -0.3 is 6.42 Å². The van der Waals surface area contributed by atoms with E-state index in [9.17, 15) is 0 Å². The molecule has 0 atom stereocenters. The predicted octanol–water partition coefficient (Wildman–Crippen LogP) is 3.58. The van der Waals surface area contributed by atoms with Crippen molar-refractivity contribution in [3.8, 4) is 0 Å². The molecule has 81 valence electrons.